The van der Waals surface area contributed by atoms with Gasteiger partial charge >= 0.3 is 0 Å². The van der Waals surface area contributed by atoms with Crippen molar-refractivity contribution >= 4 is 17.1 Å². The second kappa shape index (κ2) is 12.8. The van der Waals surface area contributed by atoms with Gasteiger partial charge in [-0.3, -0.25) is 0 Å². The van der Waals surface area contributed by atoms with E-state index in [2.05, 4.69) is 209 Å². The van der Waals surface area contributed by atoms with Crippen LogP contribution in [0.5, 0.6) is 0 Å². The Morgan fingerprint density at radius 1 is 0.403 bits per heavy atom. The number of rotatable bonds is 5. The van der Waals surface area contributed by atoms with Gasteiger partial charge in [-0.25, -0.2) is 0 Å². The van der Waals surface area contributed by atoms with Crippen LogP contribution in [-0.2, 0) is 16.2 Å². The van der Waals surface area contributed by atoms with Gasteiger partial charge in [-0.05, 0) is 139 Å². The van der Waals surface area contributed by atoms with Crippen LogP contribution in [0.4, 0.5) is 17.1 Å². The highest BCUT2D eigenvalue weighted by Gasteiger charge is 2.57. The zero-order chi connectivity index (χ0) is 41.5. The molecule has 5 aliphatic carbocycles. The number of nitrogens with zero attached hydrogens (tertiary/aromatic N) is 1. The van der Waals surface area contributed by atoms with Crippen molar-refractivity contribution in [3.8, 4) is 55.6 Å². The van der Waals surface area contributed by atoms with Crippen LogP contribution >= 0.6 is 0 Å². The Labute approximate surface area is 366 Å². The number of benzene rings is 8. The zero-order valence-corrected chi connectivity index (χ0v) is 36.2. The molecule has 2 bridgehead atoms. The van der Waals surface area contributed by atoms with Gasteiger partial charge in [-0.2, -0.15) is 0 Å². The molecule has 0 amide bonds. The Balaban J connectivity index is 1.05. The third-order valence-corrected chi connectivity index (χ3v) is 16.4. The van der Waals surface area contributed by atoms with Crippen LogP contribution in [0.3, 0.4) is 0 Å². The summed E-state index contributed by atoms with van der Waals surface area (Å²) in [6.45, 7) is 9.51. The maximum absolute atomic E-state index is 2.62. The summed E-state index contributed by atoms with van der Waals surface area (Å²) in [7, 11) is 0. The van der Waals surface area contributed by atoms with Crippen LogP contribution in [0.1, 0.15) is 86.8 Å². The molecule has 1 heteroatoms. The lowest BCUT2D eigenvalue weighted by Gasteiger charge is -2.37. The SMILES string of the molecule is CC1(C)c2ccccc2-c2cc(-c3cccc(N(c4ccccc4-c4cccc5c4-c4ccccc4C5(C)C)c4cccc5c4-c4ccccc4C54CC5CCC4C5)c3)ccc21. The summed E-state index contributed by atoms with van der Waals surface area (Å²) in [5, 5.41) is 0. The lowest BCUT2D eigenvalue weighted by atomic mass is 9.67. The number of fused-ring (bicyclic) bond motifs is 14. The van der Waals surface area contributed by atoms with Gasteiger partial charge in [-0.15, -0.1) is 0 Å². The molecule has 3 unspecified atom stereocenters. The molecule has 0 saturated heterocycles. The van der Waals surface area contributed by atoms with E-state index in [-0.39, 0.29) is 16.2 Å². The standard InChI is InChI=1S/C61H51N/c1-59(2)49-23-9-5-18-43(49)48-36-40(31-33-51(48)59)39-16-13-17-42(35-39)62(56-29-15-27-54-58(56)47-21-7-11-25-52(47)61(54)37-38-30-32-41(61)34-38)55-28-12-8-19-44(55)45-22-14-26-53-57(45)46-20-6-10-24-50(46)60(53,3)4/h5-29,31,33,35-36,38,41H,30,32,34,37H2,1-4H3. The van der Waals surface area contributed by atoms with Gasteiger partial charge in [0.15, 0.2) is 0 Å². The summed E-state index contributed by atoms with van der Waals surface area (Å²) in [4.78, 5) is 2.62. The van der Waals surface area contributed by atoms with Gasteiger partial charge in [0.05, 0.1) is 11.4 Å². The van der Waals surface area contributed by atoms with Crippen LogP contribution in [0.15, 0.2) is 176 Å². The Hall–Kier alpha value is -6.44. The lowest BCUT2D eigenvalue weighted by Crippen LogP contribution is -2.31. The van der Waals surface area contributed by atoms with Gasteiger partial charge in [0.2, 0.25) is 0 Å². The van der Waals surface area contributed by atoms with Crippen molar-refractivity contribution < 1.29 is 0 Å². The normalized spacial score (nSPS) is 21.0. The number of hydrogen-bond donors (Lipinski definition) is 0. The molecule has 300 valence electrons. The quantitative estimate of drug-likeness (QED) is 0.168. The fourth-order valence-electron chi connectivity index (χ4n) is 13.6. The van der Waals surface area contributed by atoms with E-state index in [0.29, 0.717) is 5.92 Å². The van der Waals surface area contributed by atoms with Crippen molar-refractivity contribution in [2.45, 2.75) is 69.6 Å². The molecular weight excluding hydrogens is 747 g/mol. The Morgan fingerprint density at radius 2 is 0.968 bits per heavy atom. The minimum atomic E-state index is -0.0879. The van der Waals surface area contributed by atoms with Crippen molar-refractivity contribution in [1.29, 1.82) is 0 Å². The van der Waals surface area contributed by atoms with Gasteiger partial charge in [-0.1, -0.05) is 180 Å². The Morgan fingerprint density at radius 3 is 1.74 bits per heavy atom. The molecule has 5 aliphatic rings. The first-order chi connectivity index (χ1) is 30.2. The minimum Gasteiger partial charge on any atom is -0.309 e. The van der Waals surface area contributed by atoms with Crippen molar-refractivity contribution in [3.05, 3.63) is 209 Å². The maximum Gasteiger partial charge on any atom is 0.0543 e. The molecule has 62 heavy (non-hydrogen) atoms. The van der Waals surface area contributed by atoms with Crippen LogP contribution < -0.4 is 4.90 Å². The summed E-state index contributed by atoms with van der Waals surface area (Å²) in [5.41, 5.74) is 25.6. The summed E-state index contributed by atoms with van der Waals surface area (Å²) in [6, 6.07) is 67.6. The van der Waals surface area contributed by atoms with Crippen LogP contribution in [0.2, 0.25) is 0 Å². The second-order valence-corrected chi connectivity index (χ2v) is 20.0. The third kappa shape index (κ3) is 4.75. The highest BCUT2D eigenvalue weighted by Crippen LogP contribution is 2.67. The van der Waals surface area contributed by atoms with Crippen molar-refractivity contribution in [2.75, 3.05) is 4.90 Å². The monoisotopic (exact) mass is 797 g/mol. The van der Waals surface area contributed by atoms with Crippen LogP contribution in [-0.4, -0.2) is 0 Å². The fourth-order valence-corrected chi connectivity index (χ4v) is 13.6. The third-order valence-electron chi connectivity index (χ3n) is 16.4. The molecule has 8 aromatic rings. The average molecular weight is 798 g/mol. The Bertz CT molecular complexity index is 3180. The van der Waals surface area contributed by atoms with E-state index in [1.807, 2.05) is 0 Å². The molecule has 0 N–H and O–H groups in total. The molecular formula is C61H51N. The zero-order valence-electron chi connectivity index (χ0n) is 36.2. The van der Waals surface area contributed by atoms with E-state index in [4.69, 9.17) is 0 Å². The van der Waals surface area contributed by atoms with Gasteiger partial charge in [0, 0.05) is 33.1 Å². The van der Waals surface area contributed by atoms with Crippen molar-refractivity contribution in [2.24, 2.45) is 11.8 Å². The fraction of sp³-hybridized carbons (Fsp3) is 0.213. The lowest BCUT2D eigenvalue weighted by molar-refractivity contribution is 0.327. The summed E-state index contributed by atoms with van der Waals surface area (Å²) in [5.74, 6) is 1.51. The molecule has 0 heterocycles. The highest BCUT2D eigenvalue weighted by atomic mass is 15.1. The highest BCUT2D eigenvalue weighted by molar-refractivity contribution is 6.02. The second-order valence-electron chi connectivity index (χ2n) is 20.0. The number of hydrogen-bond acceptors (Lipinski definition) is 1. The largest absolute Gasteiger partial charge is 0.309 e. The van der Waals surface area contributed by atoms with E-state index in [1.54, 1.807) is 11.1 Å². The maximum atomic E-state index is 2.62. The predicted octanol–water partition coefficient (Wildman–Crippen LogP) is 16.2. The van der Waals surface area contributed by atoms with Gasteiger partial charge in [0.1, 0.15) is 0 Å². The topological polar surface area (TPSA) is 3.24 Å². The molecule has 0 aromatic heterocycles. The first-order valence-corrected chi connectivity index (χ1v) is 23.0. The molecule has 0 aliphatic heterocycles. The molecule has 2 fully saturated rings. The van der Waals surface area contributed by atoms with E-state index >= 15 is 0 Å². The Kier molecular flexibility index (Phi) is 7.48. The number of para-hydroxylation sites is 1. The first kappa shape index (κ1) is 36.2. The van der Waals surface area contributed by atoms with Crippen molar-refractivity contribution in [3.63, 3.8) is 0 Å². The predicted molar refractivity (Wildman–Crippen MR) is 259 cm³/mol. The smallest absolute Gasteiger partial charge is 0.0543 e. The van der Waals surface area contributed by atoms with E-state index in [1.165, 1.54) is 121 Å². The molecule has 1 nitrogen and oxygen atoms in total. The summed E-state index contributed by atoms with van der Waals surface area (Å²) in [6.07, 6.45) is 5.33. The van der Waals surface area contributed by atoms with Gasteiger partial charge in [0.25, 0.3) is 0 Å². The molecule has 0 radical (unpaired) electrons. The molecule has 8 aromatic carbocycles. The average Bonchev–Trinajstić information content (AvgIpc) is 4.10. The van der Waals surface area contributed by atoms with E-state index in [9.17, 15) is 0 Å². The molecule has 1 spiro atoms. The van der Waals surface area contributed by atoms with Crippen molar-refractivity contribution in [1.82, 2.24) is 0 Å². The summed E-state index contributed by atoms with van der Waals surface area (Å²) >= 11 is 0. The van der Waals surface area contributed by atoms with E-state index in [0.717, 1.165) is 5.92 Å². The van der Waals surface area contributed by atoms with Gasteiger partial charge < -0.3 is 4.90 Å². The molecule has 2 saturated carbocycles. The number of anilines is 3. The van der Waals surface area contributed by atoms with Crippen LogP contribution in [0, 0.1) is 11.8 Å². The molecule has 3 atom stereocenters. The summed E-state index contributed by atoms with van der Waals surface area (Å²) < 4.78 is 0. The van der Waals surface area contributed by atoms with Crippen LogP contribution in [0.25, 0.3) is 55.6 Å². The minimum absolute atomic E-state index is 0.0275. The molecule has 13 rings (SSSR count). The first-order valence-electron chi connectivity index (χ1n) is 23.0. The van der Waals surface area contributed by atoms with E-state index < -0.39 is 0 Å².